The number of rotatable bonds is 3. The van der Waals surface area contributed by atoms with Crippen LogP contribution in [0.25, 0.3) is 0 Å². The largest absolute Gasteiger partial charge is 0.481 e. The summed E-state index contributed by atoms with van der Waals surface area (Å²) in [6, 6.07) is 0. The molecule has 0 aromatic carbocycles. The van der Waals surface area contributed by atoms with Crippen molar-refractivity contribution in [2.75, 3.05) is 0 Å². The molecule has 0 saturated carbocycles. The minimum atomic E-state index is -0.810. The number of nitrogens with zero attached hydrogens (tertiary/aromatic N) is 1. The Morgan fingerprint density at radius 3 is 2.27 bits per heavy atom. The number of aromatic nitrogens is 1. The van der Waals surface area contributed by atoms with Gasteiger partial charge in [-0.2, -0.15) is 0 Å². The Morgan fingerprint density at radius 2 is 1.93 bits per heavy atom. The van der Waals surface area contributed by atoms with Crippen molar-refractivity contribution in [3.05, 3.63) is 17.0 Å². The van der Waals surface area contributed by atoms with Crippen LogP contribution in [-0.2, 0) is 32.3 Å². The van der Waals surface area contributed by atoms with Crippen molar-refractivity contribution in [3.8, 4) is 0 Å². The van der Waals surface area contributed by atoms with Gasteiger partial charge in [-0.1, -0.05) is 19.0 Å². The van der Waals surface area contributed by atoms with Gasteiger partial charge in [0.15, 0.2) is 0 Å². The molecule has 0 bridgehead atoms. The van der Waals surface area contributed by atoms with Gasteiger partial charge in [-0.3, -0.25) is 4.79 Å². The van der Waals surface area contributed by atoms with Crippen LogP contribution in [0.2, 0.25) is 0 Å². The van der Waals surface area contributed by atoms with E-state index in [2.05, 4.69) is 5.16 Å². The van der Waals surface area contributed by atoms with Gasteiger partial charge < -0.3 is 9.63 Å². The normalized spacial score (nSPS) is 8.53. The predicted molar refractivity (Wildman–Crippen MR) is 53.3 cm³/mol. The van der Waals surface area contributed by atoms with Gasteiger partial charge in [-0.25, -0.2) is 0 Å². The third-order valence-electron chi connectivity index (χ3n) is 1.83. The standard InChI is InChI=1S/C8H11NO3.C2H6.W/c1-5-6(2)12-9-7(5)3-4-8(10)11;1-2;/h3-4H2,1-2H3,(H,10,11);1-2H3;. The van der Waals surface area contributed by atoms with Gasteiger partial charge in [-0.15, -0.1) is 0 Å². The Bertz CT molecular complexity index is 297. The van der Waals surface area contributed by atoms with Crippen molar-refractivity contribution in [1.82, 2.24) is 5.16 Å². The summed E-state index contributed by atoms with van der Waals surface area (Å²) in [6.07, 6.45) is 0.547. The molecule has 0 radical (unpaired) electrons. The maximum absolute atomic E-state index is 10.2. The van der Waals surface area contributed by atoms with Crippen molar-refractivity contribution in [1.29, 1.82) is 0 Å². The molecule has 1 heterocycles. The molecule has 1 aromatic rings. The third-order valence-corrected chi connectivity index (χ3v) is 1.83. The maximum Gasteiger partial charge on any atom is 0.303 e. The number of carboxylic acids is 1. The first-order valence-electron chi connectivity index (χ1n) is 4.75. The molecule has 1 rings (SSSR count). The van der Waals surface area contributed by atoms with E-state index < -0.39 is 5.97 Å². The zero-order valence-electron chi connectivity index (χ0n) is 9.53. The van der Waals surface area contributed by atoms with E-state index in [0.717, 1.165) is 17.0 Å². The molecule has 0 aliphatic carbocycles. The Hall–Kier alpha value is -0.632. The van der Waals surface area contributed by atoms with E-state index in [1.165, 1.54) is 0 Å². The Balaban J connectivity index is 0. The van der Waals surface area contributed by atoms with Crippen LogP contribution in [0.3, 0.4) is 0 Å². The molecule has 15 heavy (non-hydrogen) atoms. The summed E-state index contributed by atoms with van der Waals surface area (Å²) in [4.78, 5) is 10.2. The van der Waals surface area contributed by atoms with Gasteiger partial charge in [0.25, 0.3) is 0 Å². The van der Waals surface area contributed by atoms with Crippen LogP contribution in [0, 0.1) is 13.8 Å². The molecule has 0 atom stereocenters. The summed E-state index contributed by atoms with van der Waals surface area (Å²) in [5, 5.41) is 12.2. The Kier molecular flexibility index (Phi) is 9.69. The average Bonchev–Trinajstić information content (AvgIpc) is 2.48. The second kappa shape index (κ2) is 8.66. The first-order chi connectivity index (χ1) is 6.61. The second-order valence-corrected chi connectivity index (χ2v) is 2.70. The number of aryl methyl sites for hydroxylation is 2. The van der Waals surface area contributed by atoms with E-state index in [1.807, 2.05) is 27.7 Å². The molecule has 1 aromatic heterocycles. The van der Waals surface area contributed by atoms with Gasteiger partial charge >= 0.3 is 5.97 Å². The Labute approximate surface area is 104 Å². The number of aliphatic carboxylic acids is 1. The number of hydrogen-bond acceptors (Lipinski definition) is 3. The Morgan fingerprint density at radius 1 is 1.40 bits per heavy atom. The molecule has 0 unspecified atom stereocenters. The quantitative estimate of drug-likeness (QED) is 0.871. The van der Waals surface area contributed by atoms with Gasteiger partial charge in [0, 0.05) is 33.0 Å². The third kappa shape index (κ3) is 5.73. The van der Waals surface area contributed by atoms with E-state index in [9.17, 15) is 4.79 Å². The maximum atomic E-state index is 10.2. The second-order valence-electron chi connectivity index (χ2n) is 2.70. The van der Waals surface area contributed by atoms with Crippen LogP contribution in [-0.4, -0.2) is 16.2 Å². The SMILES string of the molecule is CC.Cc1onc(CCC(=O)O)c1C.[W]. The summed E-state index contributed by atoms with van der Waals surface area (Å²) in [5.41, 5.74) is 1.70. The van der Waals surface area contributed by atoms with Crippen LogP contribution in [0.15, 0.2) is 4.52 Å². The first-order valence-corrected chi connectivity index (χ1v) is 4.75. The summed E-state index contributed by atoms with van der Waals surface area (Å²) < 4.78 is 4.88. The minimum absolute atomic E-state index is 0. The monoisotopic (exact) mass is 383 g/mol. The average molecular weight is 383 g/mol. The minimum Gasteiger partial charge on any atom is -0.481 e. The van der Waals surface area contributed by atoms with Crippen molar-refractivity contribution >= 4 is 5.97 Å². The van der Waals surface area contributed by atoms with E-state index in [1.54, 1.807) is 0 Å². The first kappa shape index (κ1) is 16.8. The van der Waals surface area contributed by atoms with E-state index in [0.29, 0.717) is 6.42 Å². The molecule has 0 amide bonds. The van der Waals surface area contributed by atoms with Crippen molar-refractivity contribution in [3.63, 3.8) is 0 Å². The molecular formula is C10H17NO3W. The van der Waals surface area contributed by atoms with Gasteiger partial charge in [0.1, 0.15) is 5.76 Å². The predicted octanol–water partition coefficient (Wildman–Crippen LogP) is 2.33. The smallest absolute Gasteiger partial charge is 0.303 e. The van der Waals surface area contributed by atoms with Crippen LogP contribution in [0.5, 0.6) is 0 Å². The summed E-state index contributed by atoms with van der Waals surface area (Å²) in [5.74, 6) is -0.0505. The number of hydrogen-bond donors (Lipinski definition) is 1. The van der Waals surface area contributed by atoms with E-state index in [4.69, 9.17) is 9.63 Å². The molecule has 0 fully saturated rings. The van der Waals surface area contributed by atoms with Crippen LogP contribution >= 0.6 is 0 Å². The van der Waals surface area contributed by atoms with Gasteiger partial charge in [0.05, 0.1) is 12.1 Å². The van der Waals surface area contributed by atoms with Crippen LogP contribution in [0.4, 0.5) is 0 Å². The number of carbonyl (C=O) groups is 1. The molecule has 0 aliphatic heterocycles. The molecular weight excluding hydrogens is 366 g/mol. The molecule has 5 heteroatoms. The fourth-order valence-corrected chi connectivity index (χ4v) is 0.922. The van der Waals surface area contributed by atoms with Gasteiger partial charge in [0.2, 0.25) is 0 Å². The van der Waals surface area contributed by atoms with Crippen molar-refractivity contribution in [2.45, 2.75) is 40.5 Å². The van der Waals surface area contributed by atoms with Crippen LogP contribution in [0.1, 0.15) is 37.3 Å². The zero-order chi connectivity index (χ0) is 11.1. The molecule has 0 spiro atoms. The summed E-state index contributed by atoms with van der Waals surface area (Å²) in [6.45, 7) is 7.69. The fraction of sp³-hybridized carbons (Fsp3) is 0.600. The van der Waals surface area contributed by atoms with Crippen molar-refractivity contribution < 1.29 is 35.5 Å². The molecule has 1 N–H and O–H groups in total. The topological polar surface area (TPSA) is 63.3 Å². The van der Waals surface area contributed by atoms with Gasteiger partial charge in [-0.05, 0) is 13.8 Å². The van der Waals surface area contributed by atoms with Crippen LogP contribution < -0.4 is 0 Å². The summed E-state index contributed by atoms with van der Waals surface area (Å²) >= 11 is 0. The fourth-order valence-electron chi connectivity index (χ4n) is 0.922. The van der Waals surface area contributed by atoms with E-state index in [-0.39, 0.29) is 27.5 Å². The number of carboxylic acid groups (broad SMARTS) is 1. The van der Waals surface area contributed by atoms with E-state index >= 15 is 0 Å². The molecule has 86 valence electrons. The molecule has 0 aliphatic rings. The summed E-state index contributed by atoms with van der Waals surface area (Å²) in [7, 11) is 0. The molecule has 4 nitrogen and oxygen atoms in total. The zero-order valence-corrected chi connectivity index (χ0v) is 12.5. The molecule has 0 saturated heterocycles. The van der Waals surface area contributed by atoms with Crippen molar-refractivity contribution in [2.24, 2.45) is 0 Å².